The third-order valence-corrected chi connectivity index (χ3v) is 3.84. The van der Waals surface area contributed by atoms with Crippen LogP contribution in [0.2, 0.25) is 0 Å². The molecule has 1 aromatic carbocycles. The number of hydrogen-bond donors (Lipinski definition) is 2. The maximum absolute atomic E-state index is 12.8. The Labute approximate surface area is 121 Å². The van der Waals surface area contributed by atoms with Gasteiger partial charge in [-0.3, -0.25) is 4.79 Å². The lowest BCUT2D eigenvalue weighted by Crippen LogP contribution is -2.35. The van der Waals surface area contributed by atoms with Crippen molar-refractivity contribution < 1.29 is 18.0 Å². The molecule has 0 heterocycles. The second-order valence-corrected chi connectivity index (χ2v) is 5.41. The molecule has 6 heteroatoms. The van der Waals surface area contributed by atoms with Gasteiger partial charge in [-0.25, -0.2) is 0 Å². The summed E-state index contributed by atoms with van der Waals surface area (Å²) in [6, 6.07) is 5.08. The second kappa shape index (κ2) is 6.05. The van der Waals surface area contributed by atoms with Crippen molar-refractivity contribution in [3.8, 4) is 0 Å². The molecule has 1 saturated carbocycles. The molecule has 21 heavy (non-hydrogen) atoms. The van der Waals surface area contributed by atoms with E-state index in [2.05, 4.69) is 5.32 Å². The molecule has 0 bridgehead atoms. The lowest BCUT2D eigenvalue weighted by Gasteiger charge is -2.17. The molecule has 116 valence electrons. The highest BCUT2D eigenvalue weighted by Crippen LogP contribution is 2.49. The highest BCUT2D eigenvalue weighted by atomic mass is 19.4. The third kappa shape index (κ3) is 3.56. The first-order chi connectivity index (χ1) is 9.90. The predicted octanol–water partition coefficient (Wildman–Crippen LogP) is 2.59. The normalized spacial score (nSPS) is 16.6. The summed E-state index contributed by atoms with van der Waals surface area (Å²) >= 11 is 0. The Kier molecular flexibility index (Phi) is 4.56. The standard InChI is InChI=1S/C15H19F3N2O/c16-15(17,18)12-5-3-4-11(10-12)14(6-7-14)13(21)20-9-2-1-8-19/h3-5,10H,1-2,6-9,19H2,(H,20,21). The van der Waals surface area contributed by atoms with E-state index in [9.17, 15) is 18.0 Å². The van der Waals surface area contributed by atoms with Crippen LogP contribution in [0.5, 0.6) is 0 Å². The number of amides is 1. The van der Waals surface area contributed by atoms with E-state index in [1.165, 1.54) is 6.07 Å². The van der Waals surface area contributed by atoms with Gasteiger partial charge >= 0.3 is 6.18 Å². The zero-order valence-corrected chi connectivity index (χ0v) is 11.7. The van der Waals surface area contributed by atoms with E-state index in [1.54, 1.807) is 6.07 Å². The summed E-state index contributed by atoms with van der Waals surface area (Å²) in [5.41, 5.74) is 4.35. The first-order valence-electron chi connectivity index (χ1n) is 7.06. The highest BCUT2D eigenvalue weighted by Gasteiger charge is 2.51. The molecule has 0 radical (unpaired) electrons. The van der Waals surface area contributed by atoms with Gasteiger partial charge < -0.3 is 11.1 Å². The van der Waals surface area contributed by atoms with Crippen LogP contribution >= 0.6 is 0 Å². The topological polar surface area (TPSA) is 55.1 Å². The summed E-state index contributed by atoms with van der Waals surface area (Å²) in [7, 11) is 0. The second-order valence-electron chi connectivity index (χ2n) is 5.41. The number of hydrogen-bond acceptors (Lipinski definition) is 2. The number of nitrogens with one attached hydrogen (secondary N) is 1. The molecule has 1 fully saturated rings. The van der Waals surface area contributed by atoms with E-state index in [1.807, 2.05) is 0 Å². The minimum atomic E-state index is -4.39. The number of carbonyl (C=O) groups is 1. The number of alkyl halides is 3. The van der Waals surface area contributed by atoms with Crippen molar-refractivity contribution in [3.63, 3.8) is 0 Å². The molecule has 3 N–H and O–H groups in total. The fourth-order valence-corrected chi connectivity index (χ4v) is 2.41. The first-order valence-corrected chi connectivity index (χ1v) is 7.06. The molecular formula is C15H19F3N2O. The van der Waals surface area contributed by atoms with E-state index in [0.717, 1.165) is 25.0 Å². The smallest absolute Gasteiger partial charge is 0.355 e. The van der Waals surface area contributed by atoms with Crippen molar-refractivity contribution in [2.24, 2.45) is 5.73 Å². The molecule has 1 amide bonds. The molecule has 2 rings (SSSR count). The van der Waals surface area contributed by atoms with Crippen LogP contribution in [-0.4, -0.2) is 19.0 Å². The Balaban J connectivity index is 2.08. The van der Waals surface area contributed by atoms with Gasteiger partial charge in [0.05, 0.1) is 11.0 Å². The quantitative estimate of drug-likeness (QED) is 0.793. The van der Waals surface area contributed by atoms with Crippen LogP contribution in [0.15, 0.2) is 24.3 Å². The molecule has 0 spiro atoms. The summed E-state index contributed by atoms with van der Waals surface area (Å²) < 4.78 is 38.3. The van der Waals surface area contributed by atoms with Gasteiger partial charge in [-0.2, -0.15) is 13.2 Å². The summed E-state index contributed by atoms with van der Waals surface area (Å²) in [4.78, 5) is 12.2. The lowest BCUT2D eigenvalue weighted by atomic mass is 9.93. The van der Waals surface area contributed by atoms with Gasteiger partial charge in [0.25, 0.3) is 0 Å². The van der Waals surface area contributed by atoms with E-state index in [4.69, 9.17) is 5.73 Å². The Hall–Kier alpha value is -1.56. The summed E-state index contributed by atoms with van der Waals surface area (Å²) in [6.07, 6.45) is -1.60. The minimum Gasteiger partial charge on any atom is -0.355 e. The maximum Gasteiger partial charge on any atom is 0.416 e. The third-order valence-electron chi connectivity index (χ3n) is 3.84. The summed E-state index contributed by atoms with van der Waals surface area (Å²) in [6.45, 7) is 1.07. The van der Waals surface area contributed by atoms with E-state index >= 15 is 0 Å². The van der Waals surface area contributed by atoms with Gasteiger partial charge in [-0.15, -0.1) is 0 Å². The number of nitrogens with two attached hydrogens (primary N) is 1. The van der Waals surface area contributed by atoms with E-state index < -0.39 is 17.2 Å². The molecule has 0 atom stereocenters. The number of unbranched alkanes of at least 4 members (excludes halogenated alkanes) is 1. The van der Waals surface area contributed by atoms with Crippen LogP contribution in [0.4, 0.5) is 13.2 Å². The first kappa shape index (κ1) is 15.8. The van der Waals surface area contributed by atoms with Gasteiger partial charge in [-0.05, 0) is 43.9 Å². The molecular weight excluding hydrogens is 281 g/mol. The predicted molar refractivity (Wildman–Crippen MR) is 73.7 cm³/mol. The largest absolute Gasteiger partial charge is 0.416 e. The van der Waals surface area contributed by atoms with Crippen LogP contribution < -0.4 is 11.1 Å². The Morgan fingerprint density at radius 2 is 2.00 bits per heavy atom. The SMILES string of the molecule is NCCCCNC(=O)C1(c2cccc(C(F)(F)F)c2)CC1. The van der Waals surface area contributed by atoms with Crippen molar-refractivity contribution in [1.29, 1.82) is 0 Å². The van der Waals surface area contributed by atoms with Crippen LogP contribution in [0.25, 0.3) is 0 Å². The molecule has 0 unspecified atom stereocenters. The van der Waals surface area contributed by atoms with Gasteiger partial charge in [0, 0.05) is 6.54 Å². The minimum absolute atomic E-state index is 0.182. The van der Waals surface area contributed by atoms with Gasteiger partial charge in [0.2, 0.25) is 5.91 Å². The highest BCUT2D eigenvalue weighted by molar-refractivity contribution is 5.91. The number of halogens is 3. The Morgan fingerprint density at radius 3 is 2.57 bits per heavy atom. The van der Waals surface area contributed by atoms with Crippen molar-refractivity contribution >= 4 is 5.91 Å². The molecule has 0 saturated heterocycles. The summed E-state index contributed by atoms with van der Waals surface area (Å²) in [5.74, 6) is -0.182. The van der Waals surface area contributed by atoms with Crippen LogP contribution in [-0.2, 0) is 16.4 Å². The van der Waals surface area contributed by atoms with Crippen LogP contribution in [0.1, 0.15) is 36.8 Å². The molecule has 0 aromatic heterocycles. The molecule has 1 aromatic rings. The zero-order chi connectivity index (χ0) is 15.5. The average molecular weight is 300 g/mol. The molecule has 3 nitrogen and oxygen atoms in total. The van der Waals surface area contributed by atoms with Crippen molar-refractivity contribution in [3.05, 3.63) is 35.4 Å². The van der Waals surface area contributed by atoms with Crippen molar-refractivity contribution in [1.82, 2.24) is 5.32 Å². The van der Waals surface area contributed by atoms with Gasteiger partial charge in [-0.1, -0.05) is 18.2 Å². The van der Waals surface area contributed by atoms with Gasteiger partial charge in [0.1, 0.15) is 0 Å². The van der Waals surface area contributed by atoms with E-state index in [-0.39, 0.29) is 5.91 Å². The fraction of sp³-hybridized carbons (Fsp3) is 0.533. The van der Waals surface area contributed by atoms with E-state index in [0.29, 0.717) is 31.5 Å². The number of benzene rings is 1. The van der Waals surface area contributed by atoms with Crippen molar-refractivity contribution in [2.45, 2.75) is 37.3 Å². The Bertz CT molecular complexity index is 510. The molecule has 1 aliphatic carbocycles. The Morgan fingerprint density at radius 1 is 1.29 bits per heavy atom. The summed E-state index contributed by atoms with van der Waals surface area (Å²) in [5, 5.41) is 2.80. The number of rotatable bonds is 6. The van der Waals surface area contributed by atoms with Crippen LogP contribution in [0.3, 0.4) is 0 Å². The number of carbonyl (C=O) groups excluding carboxylic acids is 1. The lowest BCUT2D eigenvalue weighted by molar-refractivity contribution is -0.137. The zero-order valence-electron chi connectivity index (χ0n) is 11.7. The fourth-order valence-electron chi connectivity index (χ4n) is 2.41. The molecule has 1 aliphatic rings. The average Bonchev–Trinajstić information content (AvgIpc) is 3.24. The van der Waals surface area contributed by atoms with Crippen molar-refractivity contribution in [2.75, 3.05) is 13.1 Å². The monoisotopic (exact) mass is 300 g/mol. The van der Waals surface area contributed by atoms with Crippen LogP contribution in [0, 0.1) is 0 Å². The molecule has 0 aliphatic heterocycles. The maximum atomic E-state index is 12.8. The van der Waals surface area contributed by atoms with Gasteiger partial charge in [0.15, 0.2) is 0 Å².